The quantitative estimate of drug-likeness (QED) is 0.793. The first-order valence-corrected chi connectivity index (χ1v) is 9.91. The molecule has 0 aromatic carbocycles. The number of pyridine rings is 1. The Hall–Kier alpha value is -1.04. The van der Waals surface area contributed by atoms with Crippen molar-refractivity contribution in [1.29, 1.82) is 0 Å². The van der Waals surface area contributed by atoms with Crippen molar-refractivity contribution in [3.63, 3.8) is 0 Å². The minimum Gasteiger partial charge on any atom is -0.357 e. The molecule has 2 aliphatic rings. The third-order valence-corrected chi connectivity index (χ3v) is 5.58. The zero-order chi connectivity index (χ0) is 17.6. The largest absolute Gasteiger partial charge is 0.357 e. The minimum absolute atomic E-state index is 0. The third kappa shape index (κ3) is 6.23. The summed E-state index contributed by atoms with van der Waals surface area (Å²) in [7, 11) is 0. The number of halogens is 2. The van der Waals surface area contributed by atoms with Gasteiger partial charge in [-0.3, -0.25) is 4.79 Å². The van der Waals surface area contributed by atoms with Crippen molar-refractivity contribution >= 4 is 36.5 Å². The van der Waals surface area contributed by atoms with Crippen molar-refractivity contribution in [3.05, 3.63) is 23.9 Å². The predicted molar refractivity (Wildman–Crippen MR) is 117 cm³/mol. The number of rotatable bonds is 5. The summed E-state index contributed by atoms with van der Waals surface area (Å²) in [6, 6.07) is 4.35. The van der Waals surface area contributed by atoms with Crippen LogP contribution in [0.5, 0.6) is 0 Å². The molecule has 1 aromatic heterocycles. The standard InChI is InChI=1S/C20H32N4O.2ClH/c1-3-12-24(18-6-10-21-11-7-18)20(25)17-4-5-19(22-15-17)23-13-8-16(2)9-14-23;;/h4-5,15-16,18,21H,3,6-14H2,1-2H3;2*1H. The van der Waals surface area contributed by atoms with Crippen LogP contribution in [0.3, 0.4) is 0 Å². The van der Waals surface area contributed by atoms with Crippen molar-refractivity contribution in [1.82, 2.24) is 15.2 Å². The summed E-state index contributed by atoms with van der Waals surface area (Å²) in [5.74, 6) is 1.96. The molecule has 0 bridgehead atoms. The zero-order valence-corrected chi connectivity index (χ0v) is 18.2. The van der Waals surface area contributed by atoms with Crippen LogP contribution in [0.4, 0.5) is 5.82 Å². The molecule has 0 atom stereocenters. The lowest BCUT2D eigenvalue weighted by Crippen LogP contribution is -2.46. The lowest BCUT2D eigenvalue weighted by molar-refractivity contribution is 0.0642. The second kappa shape index (κ2) is 11.7. The highest BCUT2D eigenvalue weighted by Crippen LogP contribution is 2.22. The minimum atomic E-state index is 0. The van der Waals surface area contributed by atoms with Gasteiger partial charge in [-0.2, -0.15) is 0 Å². The number of anilines is 1. The van der Waals surface area contributed by atoms with Crippen molar-refractivity contribution in [3.8, 4) is 0 Å². The highest BCUT2D eigenvalue weighted by atomic mass is 35.5. The summed E-state index contributed by atoms with van der Waals surface area (Å²) < 4.78 is 0. The molecule has 1 aromatic rings. The molecule has 0 saturated carbocycles. The Morgan fingerprint density at radius 1 is 1.19 bits per heavy atom. The Balaban J connectivity index is 0.00000182. The van der Waals surface area contributed by atoms with Gasteiger partial charge in [0.1, 0.15) is 5.82 Å². The molecule has 0 aliphatic carbocycles. The summed E-state index contributed by atoms with van der Waals surface area (Å²) >= 11 is 0. The molecule has 0 unspecified atom stereocenters. The SMILES string of the molecule is CCCN(C(=O)c1ccc(N2CCC(C)CC2)nc1)C1CCNCC1.Cl.Cl. The summed E-state index contributed by atoms with van der Waals surface area (Å²) in [6.07, 6.45) is 7.31. The van der Waals surface area contributed by atoms with E-state index in [1.165, 1.54) is 12.8 Å². The molecule has 7 heteroatoms. The number of carbonyl (C=O) groups excluding carboxylic acids is 1. The molecule has 2 aliphatic heterocycles. The van der Waals surface area contributed by atoms with Crippen molar-refractivity contribution in [2.24, 2.45) is 5.92 Å². The van der Waals surface area contributed by atoms with E-state index in [2.05, 4.69) is 33.9 Å². The topological polar surface area (TPSA) is 48.5 Å². The van der Waals surface area contributed by atoms with Gasteiger partial charge in [-0.1, -0.05) is 13.8 Å². The van der Waals surface area contributed by atoms with Crippen LogP contribution in [0.25, 0.3) is 0 Å². The molecule has 1 amide bonds. The summed E-state index contributed by atoms with van der Waals surface area (Å²) in [4.78, 5) is 22.0. The lowest BCUT2D eigenvalue weighted by Gasteiger charge is -2.35. The first-order chi connectivity index (χ1) is 12.2. The number of nitrogens with one attached hydrogen (secondary N) is 1. The van der Waals surface area contributed by atoms with Crippen LogP contribution in [0.1, 0.15) is 56.3 Å². The van der Waals surface area contributed by atoms with Gasteiger partial charge in [0.05, 0.1) is 5.56 Å². The molecule has 27 heavy (non-hydrogen) atoms. The number of hydrogen-bond acceptors (Lipinski definition) is 4. The number of aromatic nitrogens is 1. The molecular weight excluding hydrogens is 383 g/mol. The van der Waals surface area contributed by atoms with Crippen LogP contribution in [0, 0.1) is 5.92 Å². The molecule has 0 radical (unpaired) electrons. The Morgan fingerprint density at radius 2 is 1.85 bits per heavy atom. The molecule has 5 nitrogen and oxygen atoms in total. The predicted octanol–water partition coefficient (Wildman–Crippen LogP) is 3.77. The maximum absolute atomic E-state index is 13.0. The first-order valence-electron chi connectivity index (χ1n) is 9.91. The summed E-state index contributed by atoms with van der Waals surface area (Å²) in [5, 5.41) is 3.38. The van der Waals surface area contributed by atoms with Gasteiger partial charge in [-0.25, -0.2) is 4.98 Å². The molecule has 2 fully saturated rings. The van der Waals surface area contributed by atoms with Crippen LogP contribution >= 0.6 is 24.8 Å². The van der Waals surface area contributed by atoms with Gasteiger partial charge < -0.3 is 15.1 Å². The van der Waals surface area contributed by atoms with Crippen LogP contribution in [0.2, 0.25) is 0 Å². The molecular formula is C20H34Cl2N4O. The molecule has 0 spiro atoms. The van der Waals surface area contributed by atoms with E-state index < -0.39 is 0 Å². The average Bonchev–Trinajstić information content (AvgIpc) is 2.67. The average molecular weight is 417 g/mol. The Morgan fingerprint density at radius 3 is 2.41 bits per heavy atom. The Kier molecular flexibility index (Phi) is 10.4. The van der Waals surface area contributed by atoms with E-state index in [0.29, 0.717) is 6.04 Å². The van der Waals surface area contributed by atoms with Gasteiger partial charge >= 0.3 is 0 Å². The highest BCUT2D eigenvalue weighted by molar-refractivity contribution is 5.94. The number of amides is 1. The zero-order valence-electron chi connectivity index (χ0n) is 16.5. The van der Waals surface area contributed by atoms with Gasteiger partial charge in [-0.05, 0) is 63.2 Å². The number of carbonyl (C=O) groups is 1. The smallest absolute Gasteiger partial charge is 0.255 e. The fourth-order valence-electron chi connectivity index (χ4n) is 3.91. The van der Waals surface area contributed by atoms with Crippen LogP contribution < -0.4 is 10.2 Å². The first kappa shape index (κ1) is 24.0. The van der Waals surface area contributed by atoms with E-state index >= 15 is 0 Å². The maximum atomic E-state index is 13.0. The second-order valence-corrected chi connectivity index (χ2v) is 7.55. The van der Waals surface area contributed by atoms with Crippen LogP contribution in [-0.2, 0) is 0 Å². The van der Waals surface area contributed by atoms with E-state index in [9.17, 15) is 4.79 Å². The van der Waals surface area contributed by atoms with E-state index in [1.54, 1.807) is 6.20 Å². The molecule has 154 valence electrons. The fraction of sp³-hybridized carbons (Fsp3) is 0.700. The monoisotopic (exact) mass is 416 g/mol. The van der Waals surface area contributed by atoms with E-state index in [1.807, 2.05) is 12.1 Å². The lowest BCUT2D eigenvalue weighted by atomic mass is 9.99. The third-order valence-electron chi connectivity index (χ3n) is 5.58. The van der Waals surface area contributed by atoms with Gasteiger partial charge in [0, 0.05) is 31.9 Å². The number of piperidine rings is 2. The molecule has 3 heterocycles. The Bertz CT molecular complexity index is 556. The van der Waals surface area contributed by atoms with Gasteiger partial charge in [0.2, 0.25) is 0 Å². The van der Waals surface area contributed by atoms with Gasteiger partial charge in [0.25, 0.3) is 5.91 Å². The molecule has 3 rings (SSSR count). The Labute approximate surface area is 176 Å². The van der Waals surface area contributed by atoms with E-state index in [0.717, 1.165) is 69.3 Å². The summed E-state index contributed by atoms with van der Waals surface area (Å²) in [5.41, 5.74) is 0.723. The number of hydrogen-bond donors (Lipinski definition) is 1. The van der Waals surface area contributed by atoms with Crippen molar-refractivity contribution in [2.75, 3.05) is 37.6 Å². The van der Waals surface area contributed by atoms with Gasteiger partial charge in [0.15, 0.2) is 0 Å². The van der Waals surface area contributed by atoms with Crippen molar-refractivity contribution in [2.45, 2.75) is 52.0 Å². The fourth-order valence-corrected chi connectivity index (χ4v) is 3.91. The second-order valence-electron chi connectivity index (χ2n) is 7.55. The molecule has 1 N–H and O–H groups in total. The summed E-state index contributed by atoms with van der Waals surface area (Å²) in [6.45, 7) is 9.42. The number of nitrogens with zero attached hydrogens (tertiary/aromatic N) is 3. The molecule has 2 saturated heterocycles. The van der Waals surface area contributed by atoms with E-state index in [-0.39, 0.29) is 30.7 Å². The highest BCUT2D eigenvalue weighted by Gasteiger charge is 2.26. The normalized spacial score (nSPS) is 18.4. The van der Waals surface area contributed by atoms with Crippen molar-refractivity contribution < 1.29 is 4.79 Å². The van der Waals surface area contributed by atoms with Gasteiger partial charge in [-0.15, -0.1) is 24.8 Å². The van der Waals surface area contributed by atoms with Crippen LogP contribution in [-0.4, -0.2) is 54.6 Å². The maximum Gasteiger partial charge on any atom is 0.255 e. The van der Waals surface area contributed by atoms with E-state index in [4.69, 9.17) is 0 Å². The van der Waals surface area contributed by atoms with Crippen LogP contribution in [0.15, 0.2) is 18.3 Å².